The number of aliphatic hydroxyl groups is 2. The third kappa shape index (κ3) is 2.26. The first-order valence-corrected chi connectivity index (χ1v) is 5.78. The van der Waals surface area contributed by atoms with Gasteiger partial charge in [-0.05, 0) is 11.6 Å². The van der Waals surface area contributed by atoms with Crippen LogP contribution in [0.15, 0.2) is 21.9 Å². The second kappa shape index (κ2) is 5.40. The van der Waals surface area contributed by atoms with Gasteiger partial charge in [0.1, 0.15) is 12.2 Å². The lowest BCUT2D eigenvalue weighted by molar-refractivity contribution is -0.0477. The number of nitrogens with two attached hydrogens (primary N) is 1. The summed E-state index contributed by atoms with van der Waals surface area (Å²) >= 11 is 5.31. The molecule has 1 aromatic heterocycles. The van der Waals surface area contributed by atoms with Crippen LogP contribution in [0.5, 0.6) is 0 Å². The van der Waals surface area contributed by atoms with E-state index in [1.54, 1.807) is 0 Å². The summed E-state index contributed by atoms with van der Waals surface area (Å²) in [7, 11) is 0. The third-order valence-corrected chi connectivity index (χ3v) is 3.05. The Labute approximate surface area is 120 Å². The van der Waals surface area contributed by atoms with Crippen molar-refractivity contribution in [3.8, 4) is 11.3 Å². The molecule has 0 aliphatic carbocycles. The quantitative estimate of drug-likeness (QED) is 0.454. The van der Waals surface area contributed by atoms with Crippen molar-refractivity contribution >= 4 is 11.6 Å². The van der Waals surface area contributed by atoms with Gasteiger partial charge in [-0.3, -0.25) is 14.3 Å². The van der Waals surface area contributed by atoms with Gasteiger partial charge in [0.2, 0.25) is 0 Å². The fraction of sp³-hybridized carbons (Fsp3) is 0.455. The molecule has 0 radical (unpaired) electrons. The highest BCUT2D eigenvalue weighted by Gasteiger charge is 2.54. The molecule has 4 atom stereocenters. The van der Waals surface area contributed by atoms with Crippen molar-refractivity contribution in [1.29, 1.82) is 0 Å². The molecule has 5 N–H and O–H groups in total. The van der Waals surface area contributed by atoms with Gasteiger partial charge >= 0.3 is 5.69 Å². The maximum Gasteiger partial charge on any atom is 0.330 e. The van der Waals surface area contributed by atoms with Crippen LogP contribution >= 0.6 is 11.6 Å². The Morgan fingerprint density at radius 2 is 2.40 bits per heavy atom. The number of nitrogens with one attached hydrogen (secondary N) is 1. The van der Waals surface area contributed by atoms with Crippen LogP contribution in [0.25, 0.3) is 0 Å². The molecule has 20 heavy (non-hydrogen) atoms. The van der Waals surface area contributed by atoms with Crippen molar-refractivity contribution < 1.29 is 17.7 Å². The van der Waals surface area contributed by atoms with E-state index in [-0.39, 0.29) is 0 Å². The lowest BCUT2D eigenvalue weighted by Gasteiger charge is -2.27. The molecule has 0 aromatic carbocycles. The number of aromatic nitrogens is 2. The molecule has 2 rings (SSSR count). The molecule has 1 aliphatic rings. The molecule has 1 unspecified atom stereocenters. The highest BCUT2D eigenvalue weighted by molar-refractivity contribution is 6.30. The van der Waals surface area contributed by atoms with Crippen molar-refractivity contribution in [1.82, 2.24) is 9.55 Å². The fourth-order valence-corrected chi connectivity index (χ4v) is 2.11. The standard InChI is InChI=1S/C11H12ClN3O5/c12-3-2-11(13)8(18)6(5-16)20-9(11)15-4-1-7(17)14-10(15)19/h1,4,6,8-9,16,18H,5,13H2,(H,14,17,19)/t6-,8?,9-,11-/m1/s1/i5D2. The van der Waals surface area contributed by atoms with Crippen molar-refractivity contribution in [3.63, 3.8) is 0 Å². The van der Waals surface area contributed by atoms with E-state index in [4.69, 9.17) is 24.8 Å². The van der Waals surface area contributed by atoms with Crippen LogP contribution < -0.4 is 17.0 Å². The monoisotopic (exact) mass is 303 g/mol. The van der Waals surface area contributed by atoms with E-state index in [1.807, 2.05) is 10.4 Å². The van der Waals surface area contributed by atoms with Crippen LogP contribution in [0, 0.1) is 11.3 Å². The maximum atomic E-state index is 11.8. The molecule has 9 heteroatoms. The number of aliphatic hydroxyl groups excluding tert-OH is 1. The Hall–Kier alpha value is -1.63. The van der Waals surface area contributed by atoms with Gasteiger partial charge in [-0.25, -0.2) is 4.79 Å². The number of rotatable bonds is 2. The molecule has 0 bridgehead atoms. The van der Waals surface area contributed by atoms with E-state index >= 15 is 0 Å². The summed E-state index contributed by atoms with van der Waals surface area (Å²) < 4.78 is 20.5. The lowest BCUT2D eigenvalue weighted by Crippen LogP contribution is -2.55. The third-order valence-electron chi connectivity index (χ3n) is 2.96. The average Bonchev–Trinajstić information content (AvgIpc) is 2.63. The Morgan fingerprint density at radius 1 is 1.70 bits per heavy atom. The number of halogens is 1. The van der Waals surface area contributed by atoms with E-state index in [1.165, 1.54) is 0 Å². The molecule has 108 valence electrons. The van der Waals surface area contributed by atoms with E-state index in [9.17, 15) is 19.8 Å². The molecule has 1 fully saturated rings. The van der Waals surface area contributed by atoms with Gasteiger partial charge in [-0.1, -0.05) is 5.92 Å². The second-order valence-electron chi connectivity index (χ2n) is 4.15. The van der Waals surface area contributed by atoms with E-state index < -0.39 is 41.8 Å². The summed E-state index contributed by atoms with van der Waals surface area (Å²) in [6.45, 7) is -2.95. The normalized spacial score (nSPS) is 34.9. The van der Waals surface area contributed by atoms with Gasteiger partial charge < -0.3 is 20.7 Å². The summed E-state index contributed by atoms with van der Waals surface area (Å²) in [5.41, 5.74) is 2.37. The van der Waals surface area contributed by atoms with E-state index in [0.717, 1.165) is 16.8 Å². The zero-order valence-corrected chi connectivity index (χ0v) is 10.7. The Morgan fingerprint density at radius 3 is 2.95 bits per heavy atom. The van der Waals surface area contributed by atoms with Gasteiger partial charge in [0.15, 0.2) is 11.8 Å². The van der Waals surface area contributed by atoms with Crippen LogP contribution in [0.1, 0.15) is 8.97 Å². The Kier molecular flexibility index (Phi) is 3.27. The average molecular weight is 304 g/mol. The fourth-order valence-electron chi connectivity index (χ4n) is 1.95. The maximum absolute atomic E-state index is 11.8. The number of nitrogens with zero attached hydrogens (tertiary/aromatic N) is 1. The Bertz CT molecular complexity index is 749. The number of aromatic amines is 1. The highest BCUT2D eigenvalue weighted by Crippen LogP contribution is 2.35. The SMILES string of the molecule is [2H]C([2H])(O)[C@H]1O[C@@H](n2ccc(=O)[nH]c2=O)[C@@](N)(C#CCl)C1O. The van der Waals surface area contributed by atoms with Gasteiger partial charge in [0, 0.05) is 17.6 Å². The summed E-state index contributed by atoms with van der Waals surface area (Å²) in [5, 5.41) is 21.5. The molecule has 0 spiro atoms. The number of hydrogen-bond donors (Lipinski definition) is 4. The van der Waals surface area contributed by atoms with Crippen LogP contribution in [-0.4, -0.2) is 44.1 Å². The number of hydrogen-bond acceptors (Lipinski definition) is 6. The van der Waals surface area contributed by atoms with Gasteiger partial charge in [-0.15, -0.1) is 0 Å². The predicted molar refractivity (Wildman–Crippen MR) is 68.9 cm³/mol. The van der Waals surface area contributed by atoms with Crippen LogP contribution in [-0.2, 0) is 4.74 Å². The first kappa shape index (κ1) is 12.1. The van der Waals surface area contributed by atoms with Crippen molar-refractivity contribution in [2.75, 3.05) is 6.56 Å². The van der Waals surface area contributed by atoms with Gasteiger partial charge in [0.05, 0.1) is 9.30 Å². The number of ether oxygens (including phenoxy) is 1. The minimum Gasteiger partial charge on any atom is -0.394 e. The molecule has 1 saturated heterocycles. The summed E-state index contributed by atoms with van der Waals surface area (Å²) in [5.74, 6) is 2.25. The molecule has 8 nitrogen and oxygen atoms in total. The zero-order chi connectivity index (χ0) is 16.7. The minimum atomic E-state index is -2.95. The van der Waals surface area contributed by atoms with Crippen LogP contribution in [0.4, 0.5) is 0 Å². The first-order valence-electron chi connectivity index (χ1n) is 6.40. The minimum absolute atomic E-state index is 0.667. The van der Waals surface area contributed by atoms with Crippen LogP contribution in [0.2, 0.25) is 0 Å². The zero-order valence-electron chi connectivity index (χ0n) is 11.9. The lowest BCUT2D eigenvalue weighted by atomic mass is 9.92. The predicted octanol–water partition coefficient (Wildman–Crippen LogP) is -2.32. The molecule has 0 amide bonds. The molecular formula is C11H12ClN3O5. The van der Waals surface area contributed by atoms with Crippen LogP contribution in [0.3, 0.4) is 0 Å². The van der Waals surface area contributed by atoms with Gasteiger partial charge in [0.25, 0.3) is 5.56 Å². The smallest absolute Gasteiger partial charge is 0.330 e. The topological polar surface area (TPSA) is 131 Å². The number of H-pyrrole nitrogens is 1. The summed E-state index contributed by atoms with van der Waals surface area (Å²) in [6.07, 6.45) is -4.00. The first-order chi connectivity index (χ1) is 10.1. The largest absolute Gasteiger partial charge is 0.394 e. The molecule has 2 heterocycles. The second-order valence-corrected chi connectivity index (χ2v) is 4.34. The van der Waals surface area contributed by atoms with E-state index in [2.05, 4.69) is 5.92 Å². The summed E-state index contributed by atoms with van der Waals surface area (Å²) in [6, 6.07) is 1.01. The Balaban J connectivity index is 2.59. The molecule has 1 aromatic rings. The molecule has 1 aliphatic heterocycles. The van der Waals surface area contributed by atoms with Gasteiger partial charge in [-0.2, -0.15) is 0 Å². The van der Waals surface area contributed by atoms with Crippen molar-refractivity contribution in [3.05, 3.63) is 33.1 Å². The molecular weight excluding hydrogens is 290 g/mol. The van der Waals surface area contributed by atoms with Crippen molar-refractivity contribution in [2.45, 2.75) is 24.0 Å². The van der Waals surface area contributed by atoms with E-state index in [0.29, 0.717) is 0 Å². The summed E-state index contributed by atoms with van der Waals surface area (Å²) in [4.78, 5) is 24.9. The molecule has 0 saturated carbocycles. The van der Waals surface area contributed by atoms with Crippen molar-refractivity contribution in [2.24, 2.45) is 5.73 Å². The highest BCUT2D eigenvalue weighted by atomic mass is 35.5.